The normalized spacial score (nSPS) is 22.2. The molecule has 0 saturated carbocycles. The Balaban J connectivity index is 2.06. The van der Waals surface area contributed by atoms with Crippen molar-refractivity contribution in [3.05, 3.63) is 17.3 Å². The summed E-state index contributed by atoms with van der Waals surface area (Å²) >= 11 is 6.15. The van der Waals surface area contributed by atoms with Gasteiger partial charge >= 0.3 is 0 Å². The first kappa shape index (κ1) is 14.4. The van der Waals surface area contributed by atoms with Gasteiger partial charge in [-0.05, 0) is 31.7 Å². The van der Waals surface area contributed by atoms with Crippen molar-refractivity contribution in [3.63, 3.8) is 0 Å². The monoisotopic (exact) mass is 283 g/mol. The van der Waals surface area contributed by atoms with E-state index in [9.17, 15) is 0 Å². The van der Waals surface area contributed by atoms with Crippen LogP contribution in [0.2, 0.25) is 5.02 Å². The molecule has 1 aromatic rings. The summed E-state index contributed by atoms with van der Waals surface area (Å²) in [4.78, 5) is 4.26. The van der Waals surface area contributed by atoms with Crippen LogP contribution in [0.25, 0.3) is 0 Å². The first-order chi connectivity index (χ1) is 9.08. The maximum atomic E-state index is 6.15. The molecule has 0 bridgehead atoms. The maximum absolute atomic E-state index is 6.15. The van der Waals surface area contributed by atoms with Crippen molar-refractivity contribution in [1.29, 1.82) is 0 Å². The first-order valence-corrected chi connectivity index (χ1v) is 7.28. The minimum absolute atomic E-state index is 0.00377. The number of nitrogens with one attached hydrogen (secondary N) is 1. The van der Waals surface area contributed by atoms with Crippen molar-refractivity contribution in [2.75, 3.05) is 17.7 Å². The number of rotatable bonds is 4. The molecule has 0 amide bonds. The molecule has 2 rings (SSSR count). The standard InChI is InChI=1S/C14H22ClN3O/c1-3-14(4-2)8-11(5-6-19-14)18-13-12(15)7-10(16)9-17-13/h7,9,11H,3-6,8,16H2,1-2H3,(H,17,18). The highest BCUT2D eigenvalue weighted by Gasteiger charge is 2.34. The molecule has 0 aromatic carbocycles. The van der Waals surface area contributed by atoms with Crippen LogP contribution in [-0.2, 0) is 4.74 Å². The van der Waals surface area contributed by atoms with Gasteiger partial charge in [0.2, 0.25) is 0 Å². The van der Waals surface area contributed by atoms with Crippen LogP contribution in [0.4, 0.5) is 11.5 Å². The maximum Gasteiger partial charge on any atom is 0.145 e. The summed E-state index contributed by atoms with van der Waals surface area (Å²) in [7, 11) is 0. The van der Waals surface area contributed by atoms with Crippen LogP contribution in [0.3, 0.4) is 0 Å². The number of nitrogens with two attached hydrogens (primary N) is 1. The summed E-state index contributed by atoms with van der Waals surface area (Å²) < 4.78 is 5.97. The van der Waals surface area contributed by atoms with E-state index in [1.165, 1.54) is 0 Å². The zero-order valence-corrected chi connectivity index (χ0v) is 12.3. The molecule has 1 aliphatic rings. The SMILES string of the molecule is CCC1(CC)CC(Nc2ncc(N)cc2Cl)CCO1. The van der Waals surface area contributed by atoms with Crippen LogP contribution >= 0.6 is 11.6 Å². The van der Waals surface area contributed by atoms with E-state index in [4.69, 9.17) is 22.1 Å². The van der Waals surface area contributed by atoms with Crippen LogP contribution < -0.4 is 11.1 Å². The third kappa shape index (κ3) is 3.31. The van der Waals surface area contributed by atoms with Gasteiger partial charge in [0.15, 0.2) is 0 Å². The van der Waals surface area contributed by atoms with Gasteiger partial charge < -0.3 is 15.8 Å². The molecule has 3 N–H and O–H groups in total. The number of hydrogen-bond donors (Lipinski definition) is 2. The van der Waals surface area contributed by atoms with Crippen molar-refractivity contribution < 1.29 is 4.74 Å². The smallest absolute Gasteiger partial charge is 0.145 e. The Kier molecular flexibility index (Phi) is 4.53. The molecule has 5 heteroatoms. The van der Waals surface area contributed by atoms with E-state index >= 15 is 0 Å². The van der Waals surface area contributed by atoms with Gasteiger partial charge in [0.25, 0.3) is 0 Å². The van der Waals surface area contributed by atoms with Crippen molar-refractivity contribution in [1.82, 2.24) is 4.98 Å². The highest BCUT2D eigenvalue weighted by Crippen LogP contribution is 2.33. The van der Waals surface area contributed by atoms with E-state index in [0.29, 0.717) is 22.6 Å². The van der Waals surface area contributed by atoms with Crippen molar-refractivity contribution in [2.24, 2.45) is 0 Å². The Morgan fingerprint density at radius 3 is 2.89 bits per heavy atom. The van der Waals surface area contributed by atoms with Gasteiger partial charge in [0.05, 0.1) is 22.5 Å². The van der Waals surface area contributed by atoms with E-state index in [1.807, 2.05) is 0 Å². The topological polar surface area (TPSA) is 60.2 Å². The number of pyridine rings is 1. The molecule has 0 aliphatic carbocycles. The zero-order valence-electron chi connectivity index (χ0n) is 11.6. The number of aromatic nitrogens is 1. The summed E-state index contributed by atoms with van der Waals surface area (Å²) in [5.41, 5.74) is 6.23. The lowest BCUT2D eigenvalue weighted by Crippen LogP contribution is -2.43. The fourth-order valence-corrected chi connectivity index (χ4v) is 2.88. The molecular formula is C14H22ClN3O. The van der Waals surface area contributed by atoms with E-state index < -0.39 is 0 Å². The van der Waals surface area contributed by atoms with Crippen molar-refractivity contribution in [3.8, 4) is 0 Å². The fourth-order valence-electron chi connectivity index (χ4n) is 2.65. The third-order valence-electron chi connectivity index (χ3n) is 3.98. The largest absolute Gasteiger partial charge is 0.397 e. The van der Waals surface area contributed by atoms with Crippen LogP contribution in [0.15, 0.2) is 12.3 Å². The highest BCUT2D eigenvalue weighted by molar-refractivity contribution is 6.33. The third-order valence-corrected chi connectivity index (χ3v) is 4.27. The minimum Gasteiger partial charge on any atom is -0.397 e. The molecule has 1 unspecified atom stereocenters. The lowest BCUT2D eigenvalue weighted by Gasteiger charge is -2.40. The van der Waals surface area contributed by atoms with E-state index in [0.717, 1.165) is 32.3 Å². The van der Waals surface area contributed by atoms with Gasteiger partial charge in [-0.15, -0.1) is 0 Å². The molecule has 4 nitrogen and oxygen atoms in total. The van der Waals surface area contributed by atoms with Gasteiger partial charge in [0, 0.05) is 12.6 Å². The van der Waals surface area contributed by atoms with Gasteiger partial charge in [0.1, 0.15) is 5.82 Å². The second-order valence-corrected chi connectivity index (χ2v) is 5.58. The van der Waals surface area contributed by atoms with Gasteiger partial charge in [-0.1, -0.05) is 25.4 Å². The summed E-state index contributed by atoms with van der Waals surface area (Å²) in [5.74, 6) is 0.712. The number of ether oxygens (including phenoxy) is 1. The van der Waals surface area contributed by atoms with E-state index in [-0.39, 0.29) is 5.60 Å². The average Bonchev–Trinajstić information content (AvgIpc) is 2.42. The van der Waals surface area contributed by atoms with Gasteiger partial charge in [-0.25, -0.2) is 4.98 Å². The number of nitrogens with zero attached hydrogens (tertiary/aromatic N) is 1. The van der Waals surface area contributed by atoms with Crippen LogP contribution in [0.5, 0.6) is 0 Å². The average molecular weight is 284 g/mol. The summed E-state index contributed by atoms with van der Waals surface area (Å²) in [6.07, 6.45) is 5.65. The fraction of sp³-hybridized carbons (Fsp3) is 0.643. The predicted molar refractivity (Wildman–Crippen MR) is 79.6 cm³/mol. The van der Waals surface area contributed by atoms with Gasteiger partial charge in [-0.3, -0.25) is 0 Å². The molecule has 1 fully saturated rings. The second kappa shape index (κ2) is 5.97. The Morgan fingerprint density at radius 1 is 1.53 bits per heavy atom. The molecule has 1 aliphatic heterocycles. The molecule has 19 heavy (non-hydrogen) atoms. The zero-order chi connectivity index (χ0) is 13.9. The summed E-state index contributed by atoms with van der Waals surface area (Å²) in [6.45, 7) is 5.15. The molecule has 1 aromatic heterocycles. The number of halogens is 1. The Morgan fingerprint density at radius 2 is 2.26 bits per heavy atom. The first-order valence-electron chi connectivity index (χ1n) is 6.90. The van der Waals surface area contributed by atoms with Crippen molar-refractivity contribution >= 4 is 23.1 Å². The molecule has 0 spiro atoms. The van der Waals surface area contributed by atoms with Crippen LogP contribution in [-0.4, -0.2) is 23.2 Å². The molecule has 1 atom stereocenters. The second-order valence-electron chi connectivity index (χ2n) is 5.17. The van der Waals surface area contributed by atoms with Crippen molar-refractivity contribution in [2.45, 2.75) is 51.2 Å². The highest BCUT2D eigenvalue weighted by atomic mass is 35.5. The Bertz CT molecular complexity index is 435. The Hall–Kier alpha value is -1.00. The summed E-state index contributed by atoms with van der Waals surface area (Å²) in [6, 6.07) is 2.07. The van der Waals surface area contributed by atoms with E-state index in [2.05, 4.69) is 24.1 Å². The Labute approximate surface area is 119 Å². The summed E-state index contributed by atoms with van der Waals surface area (Å²) in [5, 5.41) is 4.00. The number of anilines is 2. The lowest BCUT2D eigenvalue weighted by atomic mass is 9.86. The molecule has 0 radical (unpaired) electrons. The molecule has 1 saturated heterocycles. The quantitative estimate of drug-likeness (QED) is 0.888. The molecule has 2 heterocycles. The van der Waals surface area contributed by atoms with Crippen LogP contribution in [0.1, 0.15) is 39.5 Å². The van der Waals surface area contributed by atoms with E-state index in [1.54, 1.807) is 12.3 Å². The number of hydrogen-bond acceptors (Lipinski definition) is 4. The number of nitrogen functional groups attached to an aromatic ring is 1. The lowest BCUT2D eigenvalue weighted by molar-refractivity contribution is -0.0864. The molecular weight excluding hydrogens is 262 g/mol. The predicted octanol–water partition coefficient (Wildman–Crippen LogP) is 3.47. The van der Waals surface area contributed by atoms with Crippen LogP contribution in [0, 0.1) is 0 Å². The van der Waals surface area contributed by atoms with Gasteiger partial charge in [-0.2, -0.15) is 0 Å². The molecule has 106 valence electrons. The minimum atomic E-state index is -0.00377.